The summed E-state index contributed by atoms with van der Waals surface area (Å²) in [5.74, 6) is -0.915. The molecule has 1 atom stereocenters. The molecule has 0 fully saturated rings. The van der Waals surface area contributed by atoms with Crippen molar-refractivity contribution in [1.29, 1.82) is 0 Å². The van der Waals surface area contributed by atoms with Gasteiger partial charge in [-0.2, -0.15) is 10.2 Å². The Bertz CT molecular complexity index is 1270. The molecule has 1 aromatic carbocycles. The normalized spacial score (nSPS) is 11.8. The first-order valence-electron chi connectivity index (χ1n) is 9.31. The lowest BCUT2D eigenvalue weighted by molar-refractivity contribution is -0.145. The van der Waals surface area contributed by atoms with Gasteiger partial charge in [0.1, 0.15) is 17.7 Å². The maximum absolute atomic E-state index is 12.4. The van der Waals surface area contributed by atoms with Crippen molar-refractivity contribution >= 4 is 5.97 Å². The lowest BCUT2D eigenvalue weighted by atomic mass is 10.0. The lowest BCUT2D eigenvalue weighted by Crippen LogP contribution is -2.19. The molecule has 0 amide bonds. The molecular weight excluding hydrogens is 400 g/mol. The van der Waals surface area contributed by atoms with Gasteiger partial charge in [0, 0.05) is 31.3 Å². The lowest BCUT2D eigenvalue weighted by Gasteiger charge is -2.15. The van der Waals surface area contributed by atoms with Crippen molar-refractivity contribution in [3.63, 3.8) is 0 Å². The fraction of sp³-hybridized carbons (Fsp3) is 0.143. The van der Waals surface area contributed by atoms with Crippen molar-refractivity contribution in [1.82, 2.24) is 29.5 Å². The van der Waals surface area contributed by atoms with Crippen molar-refractivity contribution in [2.24, 2.45) is 7.05 Å². The predicted molar refractivity (Wildman–Crippen MR) is 109 cm³/mol. The average molecular weight is 418 g/mol. The number of rotatable bonds is 7. The third-order valence-electron chi connectivity index (χ3n) is 4.48. The highest BCUT2D eigenvalue weighted by Gasteiger charge is 2.22. The van der Waals surface area contributed by atoms with Crippen LogP contribution in [0.4, 0.5) is 0 Å². The van der Waals surface area contributed by atoms with E-state index < -0.39 is 12.1 Å². The van der Waals surface area contributed by atoms with E-state index in [1.165, 1.54) is 24.8 Å². The van der Waals surface area contributed by atoms with Crippen LogP contribution in [0.15, 0.2) is 72.4 Å². The van der Waals surface area contributed by atoms with Crippen molar-refractivity contribution in [3.05, 3.63) is 94.7 Å². The van der Waals surface area contributed by atoms with Crippen LogP contribution in [-0.2, 0) is 18.3 Å². The van der Waals surface area contributed by atoms with E-state index >= 15 is 0 Å². The first-order chi connectivity index (χ1) is 15.0. The van der Waals surface area contributed by atoms with Crippen LogP contribution in [0.3, 0.4) is 0 Å². The molecule has 1 N–H and O–H groups in total. The molecule has 0 radical (unpaired) electrons. The van der Waals surface area contributed by atoms with Gasteiger partial charge in [-0.3, -0.25) is 9.48 Å². The molecule has 4 rings (SSSR count). The highest BCUT2D eigenvalue weighted by Crippen LogP contribution is 2.22. The minimum Gasteiger partial charge on any atom is -0.478 e. The van der Waals surface area contributed by atoms with Gasteiger partial charge in [0.25, 0.3) is 0 Å². The highest BCUT2D eigenvalue weighted by atomic mass is 16.5. The number of ether oxygens (including phenoxy) is 1. The molecule has 3 aromatic heterocycles. The second kappa shape index (κ2) is 8.57. The maximum Gasteiger partial charge on any atom is 0.349 e. The van der Waals surface area contributed by atoms with Crippen molar-refractivity contribution in [2.45, 2.75) is 12.5 Å². The molecule has 0 aliphatic carbocycles. The van der Waals surface area contributed by atoms with Crippen LogP contribution in [0, 0.1) is 0 Å². The van der Waals surface area contributed by atoms with Gasteiger partial charge in [0.05, 0.1) is 24.8 Å². The van der Waals surface area contributed by atoms with Crippen molar-refractivity contribution in [3.8, 4) is 11.4 Å². The molecule has 10 nitrogen and oxygen atoms in total. The minimum absolute atomic E-state index is 0.210. The number of carbonyl (C=O) groups is 1. The van der Waals surface area contributed by atoms with E-state index in [9.17, 15) is 14.7 Å². The summed E-state index contributed by atoms with van der Waals surface area (Å²) in [5.41, 5.74) is 2.00. The largest absolute Gasteiger partial charge is 0.478 e. The number of aliphatic carboxylic acids is 1. The molecule has 4 aromatic rings. The van der Waals surface area contributed by atoms with Crippen LogP contribution < -0.4 is 10.2 Å². The summed E-state index contributed by atoms with van der Waals surface area (Å²) in [6, 6.07) is 8.30. The number of hydrogen-bond donors (Lipinski definition) is 1. The molecule has 0 aliphatic heterocycles. The highest BCUT2D eigenvalue weighted by molar-refractivity contribution is 5.75. The summed E-state index contributed by atoms with van der Waals surface area (Å²) >= 11 is 0. The van der Waals surface area contributed by atoms with Gasteiger partial charge >= 0.3 is 5.97 Å². The van der Waals surface area contributed by atoms with Crippen LogP contribution >= 0.6 is 0 Å². The Morgan fingerprint density at radius 1 is 1.19 bits per heavy atom. The van der Waals surface area contributed by atoms with Gasteiger partial charge < -0.3 is 9.84 Å². The predicted octanol–water partition coefficient (Wildman–Crippen LogP) is 1.55. The minimum atomic E-state index is -1.25. The Hall–Kier alpha value is -4.34. The topological polar surface area (TPSA) is 125 Å². The molecule has 31 heavy (non-hydrogen) atoms. The Morgan fingerprint density at radius 2 is 2.00 bits per heavy atom. The van der Waals surface area contributed by atoms with E-state index in [1.807, 2.05) is 0 Å². The number of aryl methyl sites for hydroxylation is 1. The molecule has 10 heteroatoms. The molecule has 0 bridgehead atoms. The Balaban J connectivity index is 1.61. The van der Waals surface area contributed by atoms with Crippen LogP contribution in [0.1, 0.15) is 22.9 Å². The van der Waals surface area contributed by atoms with Gasteiger partial charge in [-0.05, 0) is 5.56 Å². The Kier molecular flexibility index (Phi) is 5.52. The van der Waals surface area contributed by atoms with Crippen LogP contribution in [0.2, 0.25) is 0 Å². The van der Waals surface area contributed by atoms with E-state index in [-0.39, 0.29) is 17.6 Å². The smallest absolute Gasteiger partial charge is 0.349 e. The monoisotopic (exact) mass is 418 g/mol. The third kappa shape index (κ3) is 4.64. The van der Waals surface area contributed by atoms with Crippen molar-refractivity contribution in [2.75, 3.05) is 0 Å². The summed E-state index contributed by atoms with van der Waals surface area (Å²) in [5, 5.41) is 18.2. The summed E-state index contributed by atoms with van der Waals surface area (Å²) in [6.45, 7) is 0. The van der Waals surface area contributed by atoms with E-state index in [4.69, 9.17) is 4.74 Å². The SMILES string of the molecule is Cn1cc(-n2ccc(=O)c(Cc3cccc(C(Oc4cncnc4)C(=O)O)c3)n2)cn1. The van der Waals surface area contributed by atoms with Crippen LogP contribution in [0.5, 0.6) is 5.75 Å². The van der Waals surface area contributed by atoms with Crippen LogP contribution in [-0.4, -0.2) is 40.6 Å². The van der Waals surface area contributed by atoms with Gasteiger partial charge in [-0.25, -0.2) is 19.4 Å². The fourth-order valence-corrected chi connectivity index (χ4v) is 3.04. The van der Waals surface area contributed by atoms with E-state index in [0.717, 1.165) is 11.3 Å². The molecule has 0 saturated carbocycles. The molecular formula is C21H18N6O4. The summed E-state index contributed by atoms with van der Waals surface area (Å²) < 4.78 is 8.77. The molecule has 3 heterocycles. The van der Waals surface area contributed by atoms with Crippen LogP contribution in [0.25, 0.3) is 5.69 Å². The van der Waals surface area contributed by atoms with Crippen molar-refractivity contribution < 1.29 is 14.6 Å². The third-order valence-corrected chi connectivity index (χ3v) is 4.48. The Labute approximate surface area is 176 Å². The number of carboxylic acids is 1. The molecule has 156 valence electrons. The maximum atomic E-state index is 12.4. The molecule has 1 unspecified atom stereocenters. The molecule has 0 spiro atoms. The molecule has 0 aliphatic rings. The summed E-state index contributed by atoms with van der Waals surface area (Å²) in [7, 11) is 1.79. The van der Waals surface area contributed by atoms with Gasteiger partial charge in [-0.1, -0.05) is 24.3 Å². The standard InChI is InChI=1S/C21H18N6O4/c1-26-12-16(9-24-26)27-6-5-19(28)18(25-27)8-14-3-2-4-15(7-14)20(21(29)30)31-17-10-22-13-23-11-17/h2-7,9-13,20H,8H2,1H3,(H,29,30). The zero-order valence-corrected chi connectivity index (χ0v) is 16.5. The quantitative estimate of drug-likeness (QED) is 0.479. The van der Waals surface area contributed by atoms with Gasteiger partial charge in [0.2, 0.25) is 11.5 Å². The Morgan fingerprint density at radius 3 is 2.71 bits per heavy atom. The zero-order chi connectivity index (χ0) is 21.8. The first kappa shape index (κ1) is 20.0. The zero-order valence-electron chi connectivity index (χ0n) is 16.5. The first-order valence-corrected chi connectivity index (χ1v) is 9.31. The number of carboxylic acid groups (broad SMARTS) is 1. The number of nitrogens with zero attached hydrogens (tertiary/aromatic N) is 6. The average Bonchev–Trinajstić information content (AvgIpc) is 3.20. The second-order valence-corrected chi connectivity index (χ2v) is 6.78. The van der Waals surface area contributed by atoms with Gasteiger partial charge in [-0.15, -0.1) is 0 Å². The van der Waals surface area contributed by atoms with E-state index in [2.05, 4.69) is 20.2 Å². The number of aromatic nitrogens is 6. The van der Waals surface area contributed by atoms with E-state index in [0.29, 0.717) is 11.3 Å². The molecule has 0 saturated heterocycles. The van der Waals surface area contributed by atoms with Gasteiger partial charge in [0.15, 0.2) is 5.75 Å². The summed E-state index contributed by atoms with van der Waals surface area (Å²) in [6.07, 6.45) is 8.09. The fourth-order valence-electron chi connectivity index (χ4n) is 3.04. The summed E-state index contributed by atoms with van der Waals surface area (Å²) in [4.78, 5) is 31.8. The second-order valence-electron chi connectivity index (χ2n) is 6.78. The van der Waals surface area contributed by atoms with E-state index in [1.54, 1.807) is 59.3 Å². The number of benzene rings is 1. The number of hydrogen-bond acceptors (Lipinski definition) is 7.